The summed E-state index contributed by atoms with van der Waals surface area (Å²) >= 11 is 0. The first kappa shape index (κ1) is 11.9. The van der Waals surface area contributed by atoms with Crippen LogP contribution in [0.4, 0.5) is 0 Å². The van der Waals surface area contributed by atoms with Crippen LogP contribution in [-0.4, -0.2) is 49.3 Å². The van der Waals surface area contributed by atoms with Crippen molar-refractivity contribution in [3.63, 3.8) is 0 Å². The lowest BCUT2D eigenvalue weighted by Crippen LogP contribution is -2.53. The van der Waals surface area contributed by atoms with Crippen molar-refractivity contribution >= 4 is 0 Å². The molecule has 0 aromatic carbocycles. The Hall–Kier alpha value is -0.120. The molecule has 3 fully saturated rings. The first-order valence-corrected chi connectivity index (χ1v) is 7.38. The topological polar surface area (TPSA) is 24.5 Å². The lowest BCUT2D eigenvalue weighted by Gasteiger charge is -2.44. The zero-order valence-corrected chi connectivity index (χ0v) is 11.0. The molecule has 0 amide bonds. The van der Waals surface area contributed by atoms with E-state index in [0.717, 1.165) is 18.1 Å². The fourth-order valence-corrected chi connectivity index (χ4v) is 3.34. The Balaban J connectivity index is 1.50. The van der Waals surface area contributed by atoms with E-state index in [0.29, 0.717) is 6.10 Å². The Kier molecular flexibility index (Phi) is 3.69. The van der Waals surface area contributed by atoms with Crippen LogP contribution in [0.1, 0.15) is 44.9 Å². The van der Waals surface area contributed by atoms with Crippen molar-refractivity contribution < 1.29 is 4.74 Å². The first-order chi connectivity index (χ1) is 8.36. The smallest absolute Gasteiger partial charge is 0.0601 e. The van der Waals surface area contributed by atoms with Crippen molar-refractivity contribution in [2.24, 2.45) is 0 Å². The van der Waals surface area contributed by atoms with E-state index in [1.807, 2.05) is 7.11 Å². The SMILES string of the molecule is COC1CC(N(CC2CCCCN2)C2CC2)C1. The van der Waals surface area contributed by atoms with Gasteiger partial charge in [0.05, 0.1) is 6.10 Å². The van der Waals surface area contributed by atoms with Crippen LogP contribution in [0.5, 0.6) is 0 Å². The van der Waals surface area contributed by atoms with Gasteiger partial charge in [0.1, 0.15) is 0 Å². The third-order valence-corrected chi connectivity index (χ3v) is 4.73. The second-order valence-electron chi connectivity index (χ2n) is 6.06. The highest BCUT2D eigenvalue weighted by Crippen LogP contribution is 2.36. The molecule has 3 aliphatic rings. The molecule has 0 bridgehead atoms. The van der Waals surface area contributed by atoms with Crippen LogP contribution in [-0.2, 0) is 4.74 Å². The highest BCUT2D eigenvalue weighted by Gasteiger charge is 2.41. The van der Waals surface area contributed by atoms with Crippen LogP contribution in [0.2, 0.25) is 0 Å². The van der Waals surface area contributed by atoms with Crippen LogP contribution in [0.3, 0.4) is 0 Å². The predicted molar refractivity (Wildman–Crippen MR) is 69.2 cm³/mol. The van der Waals surface area contributed by atoms with Gasteiger partial charge in [0.25, 0.3) is 0 Å². The van der Waals surface area contributed by atoms with Crippen molar-refractivity contribution in [3.8, 4) is 0 Å². The molecule has 0 aromatic heterocycles. The van der Waals surface area contributed by atoms with Gasteiger partial charge in [0.15, 0.2) is 0 Å². The molecule has 1 aliphatic heterocycles. The fraction of sp³-hybridized carbons (Fsp3) is 1.00. The molecule has 2 aliphatic carbocycles. The standard InChI is InChI=1S/C14H26N2O/c1-17-14-8-13(9-14)16(12-5-6-12)10-11-4-2-3-7-15-11/h11-15H,2-10H2,1H3. The van der Waals surface area contributed by atoms with E-state index in [-0.39, 0.29) is 0 Å². The molecule has 0 aromatic rings. The minimum Gasteiger partial charge on any atom is -0.381 e. The molecule has 0 radical (unpaired) electrons. The monoisotopic (exact) mass is 238 g/mol. The summed E-state index contributed by atoms with van der Waals surface area (Å²) in [6, 6.07) is 2.48. The summed E-state index contributed by atoms with van der Waals surface area (Å²) in [5, 5.41) is 3.69. The van der Waals surface area contributed by atoms with Gasteiger partial charge in [-0.1, -0.05) is 6.42 Å². The Morgan fingerprint density at radius 1 is 1.12 bits per heavy atom. The fourth-order valence-electron chi connectivity index (χ4n) is 3.34. The number of ether oxygens (including phenoxy) is 1. The summed E-state index contributed by atoms with van der Waals surface area (Å²) < 4.78 is 5.41. The second-order valence-corrected chi connectivity index (χ2v) is 6.06. The molecule has 3 heteroatoms. The highest BCUT2D eigenvalue weighted by atomic mass is 16.5. The molecular weight excluding hydrogens is 212 g/mol. The van der Waals surface area contributed by atoms with E-state index < -0.39 is 0 Å². The molecule has 1 saturated heterocycles. The van der Waals surface area contributed by atoms with Crippen molar-refractivity contribution in [2.75, 3.05) is 20.2 Å². The Labute approximate surface area is 105 Å². The van der Waals surface area contributed by atoms with Crippen molar-refractivity contribution in [1.29, 1.82) is 0 Å². The summed E-state index contributed by atoms with van der Waals surface area (Å²) in [6.07, 6.45) is 10.1. The summed E-state index contributed by atoms with van der Waals surface area (Å²) in [6.45, 7) is 2.51. The second kappa shape index (κ2) is 5.25. The minimum atomic E-state index is 0.542. The van der Waals surface area contributed by atoms with E-state index in [9.17, 15) is 0 Å². The van der Waals surface area contributed by atoms with E-state index in [1.54, 1.807) is 0 Å². The van der Waals surface area contributed by atoms with Crippen molar-refractivity contribution in [2.45, 2.75) is 69.2 Å². The molecule has 1 heterocycles. The molecule has 2 saturated carbocycles. The molecule has 1 unspecified atom stereocenters. The van der Waals surface area contributed by atoms with Gasteiger partial charge in [-0.25, -0.2) is 0 Å². The number of hydrogen-bond donors (Lipinski definition) is 1. The van der Waals surface area contributed by atoms with Gasteiger partial charge in [0, 0.05) is 31.8 Å². The van der Waals surface area contributed by atoms with Crippen LogP contribution < -0.4 is 5.32 Å². The Morgan fingerprint density at radius 2 is 1.94 bits per heavy atom. The first-order valence-electron chi connectivity index (χ1n) is 7.38. The predicted octanol–water partition coefficient (Wildman–Crippen LogP) is 1.77. The van der Waals surface area contributed by atoms with Crippen molar-refractivity contribution in [3.05, 3.63) is 0 Å². The average Bonchev–Trinajstić information content (AvgIpc) is 3.11. The quantitative estimate of drug-likeness (QED) is 0.790. The number of piperidine rings is 1. The van der Waals surface area contributed by atoms with Crippen LogP contribution in [0.25, 0.3) is 0 Å². The van der Waals surface area contributed by atoms with Crippen LogP contribution in [0.15, 0.2) is 0 Å². The summed E-state index contributed by atoms with van der Waals surface area (Å²) in [4.78, 5) is 2.79. The largest absolute Gasteiger partial charge is 0.381 e. The normalized spacial score (nSPS) is 38.1. The van der Waals surface area contributed by atoms with Crippen molar-refractivity contribution in [1.82, 2.24) is 10.2 Å². The zero-order valence-electron chi connectivity index (χ0n) is 11.0. The van der Waals surface area contributed by atoms with E-state index in [1.165, 1.54) is 58.0 Å². The number of methoxy groups -OCH3 is 1. The number of hydrogen-bond acceptors (Lipinski definition) is 3. The maximum atomic E-state index is 5.41. The van der Waals surface area contributed by atoms with Gasteiger partial charge in [-0.3, -0.25) is 4.90 Å². The molecule has 0 spiro atoms. The summed E-state index contributed by atoms with van der Waals surface area (Å²) in [7, 11) is 1.85. The lowest BCUT2D eigenvalue weighted by molar-refractivity contribution is -0.0332. The maximum Gasteiger partial charge on any atom is 0.0601 e. The molecule has 3 nitrogen and oxygen atoms in total. The van der Waals surface area contributed by atoms with Gasteiger partial charge in [-0.05, 0) is 45.1 Å². The molecule has 1 N–H and O–H groups in total. The number of nitrogens with one attached hydrogen (secondary N) is 1. The molecule has 1 atom stereocenters. The Bertz CT molecular complexity index is 243. The van der Waals surface area contributed by atoms with Gasteiger partial charge in [-0.2, -0.15) is 0 Å². The van der Waals surface area contributed by atoms with Gasteiger partial charge in [-0.15, -0.1) is 0 Å². The lowest BCUT2D eigenvalue weighted by atomic mass is 9.87. The maximum absolute atomic E-state index is 5.41. The molecule has 3 rings (SSSR count). The number of rotatable bonds is 5. The molecule has 17 heavy (non-hydrogen) atoms. The summed E-state index contributed by atoms with van der Waals surface area (Å²) in [5.41, 5.74) is 0. The summed E-state index contributed by atoms with van der Waals surface area (Å²) in [5.74, 6) is 0. The molecule has 98 valence electrons. The molecular formula is C14H26N2O. The van der Waals surface area contributed by atoms with Gasteiger partial charge >= 0.3 is 0 Å². The average molecular weight is 238 g/mol. The van der Waals surface area contributed by atoms with Crippen LogP contribution >= 0.6 is 0 Å². The van der Waals surface area contributed by atoms with Crippen LogP contribution in [0, 0.1) is 0 Å². The van der Waals surface area contributed by atoms with E-state index >= 15 is 0 Å². The van der Waals surface area contributed by atoms with E-state index in [2.05, 4.69) is 10.2 Å². The van der Waals surface area contributed by atoms with Gasteiger partial charge in [0.2, 0.25) is 0 Å². The zero-order chi connectivity index (χ0) is 11.7. The Morgan fingerprint density at radius 3 is 2.53 bits per heavy atom. The third-order valence-electron chi connectivity index (χ3n) is 4.73. The van der Waals surface area contributed by atoms with Gasteiger partial charge < -0.3 is 10.1 Å². The third kappa shape index (κ3) is 2.83. The highest BCUT2D eigenvalue weighted by molar-refractivity contribution is 4.97. The minimum absolute atomic E-state index is 0.542. The van der Waals surface area contributed by atoms with E-state index in [4.69, 9.17) is 4.74 Å². The number of nitrogens with zero attached hydrogens (tertiary/aromatic N) is 1.